The van der Waals surface area contributed by atoms with Gasteiger partial charge in [-0.25, -0.2) is 4.39 Å². The first kappa shape index (κ1) is 12.2. The van der Waals surface area contributed by atoms with E-state index in [0.29, 0.717) is 18.9 Å². The lowest BCUT2D eigenvalue weighted by Gasteiger charge is -2.15. The van der Waals surface area contributed by atoms with E-state index in [2.05, 4.69) is 30.6 Å². The maximum atomic E-state index is 12.9. The fraction of sp³-hybridized carbons (Fsp3) is 0.273. The van der Waals surface area contributed by atoms with Crippen LogP contribution in [-0.2, 0) is 13.1 Å². The first-order valence-corrected chi connectivity index (χ1v) is 5.82. The summed E-state index contributed by atoms with van der Waals surface area (Å²) in [5, 5.41) is 3.73. The van der Waals surface area contributed by atoms with Crippen LogP contribution >= 0.6 is 15.9 Å². The number of benzene rings is 1. The molecular weight excluding hydrogens is 289 g/mol. The first-order valence-electron chi connectivity index (χ1n) is 5.03. The van der Waals surface area contributed by atoms with Crippen molar-refractivity contribution in [3.63, 3.8) is 0 Å². The van der Waals surface area contributed by atoms with Crippen molar-refractivity contribution in [3.8, 4) is 0 Å². The normalized spacial score (nSPS) is 11.1. The molecule has 2 aromatic rings. The minimum Gasteiger partial charge on any atom is -0.343 e. The van der Waals surface area contributed by atoms with Gasteiger partial charge < -0.3 is 4.52 Å². The molecule has 90 valence electrons. The summed E-state index contributed by atoms with van der Waals surface area (Å²) in [6.45, 7) is 1.26. The van der Waals surface area contributed by atoms with Crippen LogP contribution in [0.15, 0.2) is 33.6 Å². The molecule has 4 nitrogen and oxygen atoms in total. The molecule has 0 spiro atoms. The van der Waals surface area contributed by atoms with Crippen LogP contribution in [0.4, 0.5) is 4.39 Å². The molecule has 0 aliphatic carbocycles. The van der Waals surface area contributed by atoms with Crippen LogP contribution in [0, 0.1) is 5.82 Å². The number of aromatic nitrogens is 2. The van der Waals surface area contributed by atoms with Gasteiger partial charge in [0.05, 0.1) is 6.54 Å². The van der Waals surface area contributed by atoms with Crippen molar-refractivity contribution in [3.05, 3.63) is 46.3 Å². The van der Waals surface area contributed by atoms with Crippen molar-refractivity contribution in [2.45, 2.75) is 13.1 Å². The zero-order valence-corrected chi connectivity index (χ0v) is 10.8. The maximum Gasteiger partial charge on any atom is 0.213 e. The van der Waals surface area contributed by atoms with E-state index in [0.717, 1.165) is 10.0 Å². The highest BCUT2D eigenvalue weighted by molar-refractivity contribution is 9.10. The summed E-state index contributed by atoms with van der Waals surface area (Å²) >= 11 is 3.34. The summed E-state index contributed by atoms with van der Waals surface area (Å²) in [6, 6.07) is 4.66. The fourth-order valence-electron chi connectivity index (χ4n) is 1.50. The Hall–Kier alpha value is -1.27. The van der Waals surface area contributed by atoms with Gasteiger partial charge >= 0.3 is 0 Å². The lowest BCUT2D eigenvalue weighted by molar-refractivity contribution is 0.301. The average molecular weight is 300 g/mol. The van der Waals surface area contributed by atoms with Crippen molar-refractivity contribution in [2.24, 2.45) is 0 Å². The standard InChI is InChI=1S/C11H11BrFN3O/c1-16(6-11-14-7-17-15-11)5-8-2-3-9(13)4-10(8)12/h2-4,7H,5-6H2,1H3. The predicted molar refractivity (Wildman–Crippen MR) is 63.6 cm³/mol. The molecule has 0 aliphatic heterocycles. The van der Waals surface area contributed by atoms with Gasteiger partial charge in [0.25, 0.3) is 0 Å². The Morgan fingerprint density at radius 3 is 2.88 bits per heavy atom. The molecule has 0 saturated heterocycles. The number of rotatable bonds is 4. The minimum absolute atomic E-state index is 0.249. The Bertz CT molecular complexity index is 489. The van der Waals surface area contributed by atoms with Crippen LogP contribution in [0.5, 0.6) is 0 Å². The van der Waals surface area contributed by atoms with E-state index in [1.807, 2.05) is 11.9 Å². The quantitative estimate of drug-likeness (QED) is 0.870. The molecule has 0 unspecified atom stereocenters. The second kappa shape index (κ2) is 5.37. The van der Waals surface area contributed by atoms with E-state index in [1.165, 1.54) is 18.5 Å². The number of nitrogens with zero attached hydrogens (tertiary/aromatic N) is 3. The zero-order chi connectivity index (χ0) is 12.3. The molecule has 0 aliphatic rings. The maximum absolute atomic E-state index is 12.9. The van der Waals surface area contributed by atoms with E-state index in [9.17, 15) is 4.39 Å². The fourth-order valence-corrected chi connectivity index (χ4v) is 1.98. The Balaban J connectivity index is 2.00. The van der Waals surface area contributed by atoms with Gasteiger partial charge in [0, 0.05) is 11.0 Å². The molecule has 17 heavy (non-hydrogen) atoms. The van der Waals surface area contributed by atoms with Gasteiger partial charge in [-0.1, -0.05) is 27.2 Å². The Morgan fingerprint density at radius 2 is 2.24 bits per heavy atom. The SMILES string of the molecule is CN(Cc1ncon1)Cc1ccc(F)cc1Br. The Kier molecular flexibility index (Phi) is 3.86. The second-order valence-electron chi connectivity index (χ2n) is 3.76. The van der Waals surface area contributed by atoms with E-state index in [4.69, 9.17) is 0 Å². The molecule has 0 atom stereocenters. The summed E-state index contributed by atoms with van der Waals surface area (Å²) in [5.74, 6) is 0.382. The minimum atomic E-state index is -0.249. The van der Waals surface area contributed by atoms with Crippen LogP contribution in [0.1, 0.15) is 11.4 Å². The molecule has 0 radical (unpaired) electrons. The molecule has 1 aromatic heterocycles. The van der Waals surface area contributed by atoms with Gasteiger partial charge in [-0.3, -0.25) is 4.90 Å². The molecule has 0 fully saturated rings. The molecule has 0 bridgehead atoms. The molecular formula is C11H11BrFN3O. The topological polar surface area (TPSA) is 42.2 Å². The lowest BCUT2D eigenvalue weighted by Crippen LogP contribution is -2.18. The molecule has 1 heterocycles. The highest BCUT2D eigenvalue weighted by Gasteiger charge is 2.08. The molecule has 0 N–H and O–H groups in total. The van der Waals surface area contributed by atoms with Crippen LogP contribution in [0.25, 0.3) is 0 Å². The summed E-state index contributed by atoms with van der Waals surface area (Å²) in [6.07, 6.45) is 1.30. The van der Waals surface area contributed by atoms with Gasteiger partial charge in [-0.15, -0.1) is 0 Å². The first-order chi connectivity index (χ1) is 8.15. The smallest absolute Gasteiger partial charge is 0.213 e. The van der Waals surface area contributed by atoms with Crippen molar-refractivity contribution < 1.29 is 8.91 Å². The summed E-state index contributed by atoms with van der Waals surface area (Å²) < 4.78 is 18.3. The van der Waals surface area contributed by atoms with Gasteiger partial charge in [0.1, 0.15) is 5.82 Å². The summed E-state index contributed by atoms with van der Waals surface area (Å²) in [7, 11) is 1.94. The van der Waals surface area contributed by atoms with E-state index >= 15 is 0 Å². The largest absolute Gasteiger partial charge is 0.343 e. The molecule has 2 rings (SSSR count). The van der Waals surface area contributed by atoms with Crippen molar-refractivity contribution in [1.82, 2.24) is 15.0 Å². The highest BCUT2D eigenvalue weighted by atomic mass is 79.9. The summed E-state index contributed by atoms with van der Waals surface area (Å²) in [5.41, 5.74) is 1.01. The third kappa shape index (κ3) is 3.34. The van der Waals surface area contributed by atoms with E-state index in [-0.39, 0.29) is 5.82 Å². The Labute approximate surface area is 107 Å². The third-order valence-corrected chi connectivity index (χ3v) is 3.01. The second-order valence-corrected chi connectivity index (χ2v) is 4.61. The van der Waals surface area contributed by atoms with Crippen LogP contribution in [0.3, 0.4) is 0 Å². The van der Waals surface area contributed by atoms with Gasteiger partial charge in [0.2, 0.25) is 6.39 Å². The molecule has 0 saturated carbocycles. The van der Waals surface area contributed by atoms with Crippen LogP contribution in [0.2, 0.25) is 0 Å². The van der Waals surface area contributed by atoms with Crippen molar-refractivity contribution in [1.29, 1.82) is 0 Å². The van der Waals surface area contributed by atoms with E-state index in [1.54, 1.807) is 6.07 Å². The van der Waals surface area contributed by atoms with Crippen molar-refractivity contribution in [2.75, 3.05) is 7.05 Å². The average Bonchev–Trinajstić information content (AvgIpc) is 2.75. The zero-order valence-electron chi connectivity index (χ0n) is 9.23. The lowest BCUT2D eigenvalue weighted by atomic mass is 10.2. The van der Waals surface area contributed by atoms with Crippen LogP contribution < -0.4 is 0 Å². The highest BCUT2D eigenvalue weighted by Crippen LogP contribution is 2.19. The van der Waals surface area contributed by atoms with Gasteiger partial charge in [-0.05, 0) is 24.7 Å². The molecule has 6 heteroatoms. The van der Waals surface area contributed by atoms with Gasteiger partial charge in [0.15, 0.2) is 5.82 Å². The Morgan fingerprint density at radius 1 is 1.41 bits per heavy atom. The van der Waals surface area contributed by atoms with E-state index < -0.39 is 0 Å². The van der Waals surface area contributed by atoms with Crippen molar-refractivity contribution >= 4 is 15.9 Å². The molecule has 1 aromatic carbocycles. The monoisotopic (exact) mass is 299 g/mol. The molecule has 0 amide bonds. The number of halogens is 2. The number of hydrogen-bond donors (Lipinski definition) is 0. The van der Waals surface area contributed by atoms with Crippen LogP contribution in [-0.4, -0.2) is 22.1 Å². The van der Waals surface area contributed by atoms with Gasteiger partial charge in [-0.2, -0.15) is 4.98 Å². The summed E-state index contributed by atoms with van der Waals surface area (Å²) in [4.78, 5) is 5.96. The predicted octanol–water partition coefficient (Wildman–Crippen LogP) is 2.60. The third-order valence-electron chi connectivity index (χ3n) is 2.27. The number of hydrogen-bond acceptors (Lipinski definition) is 4.